The van der Waals surface area contributed by atoms with Gasteiger partial charge in [0, 0.05) is 28.4 Å². The Labute approximate surface area is 142 Å². The van der Waals surface area contributed by atoms with Crippen LogP contribution in [0.1, 0.15) is 23.2 Å². The Hall–Kier alpha value is -2.76. The number of hydrogen-bond donors (Lipinski definition) is 1. The maximum Gasteiger partial charge on any atom is 0.273 e. The fraction of sp³-hybridized carbons (Fsp3) is 0.0556. The normalized spacial score (nSPS) is 15.9. The zero-order chi connectivity index (χ0) is 16.7. The van der Waals surface area contributed by atoms with Gasteiger partial charge < -0.3 is 9.67 Å². The zero-order valence-electron chi connectivity index (χ0n) is 12.4. The summed E-state index contributed by atoms with van der Waals surface area (Å²) < 4.78 is 1.66. The Morgan fingerprint density at radius 1 is 1.08 bits per heavy atom. The summed E-state index contributed by atoms with van der Waals surface area (Å²) in [6.45, 7) is 0. The lowest BCUT2D eigenvalue weighted by atomic mass is 10.0. The molecular formula is C18H12ClN3O2. The molecule has 0 spiro atoms. The average molecular weight is 338 g/mol. The Morgan fingerprint density at radius 2 is 1.88 bits per heavy atom. The van der Waals surface area contributed by atoms with Crippen molar-refractivity contribution < 1.29 is 5.11 Å². The van der Waals surface area contributed by atoms with Gasteiger partial charge in [0.2, 0.25) is 6.23 Å². The van der Waals surface area contributed by atoms with Crippen LogP contribution in [0.25, 0.3) is 5.69 Å². The number of aliphatic imine (C=N–C) groups is 1. The van der Waals surface area contributed by atoms with Gasteiger partial charge >= 0.3 is 0 Å². The summed E-state index contributed by atoms with van der Waals surface area (Å²) in [6.07, 6.45) is 0.338. The first-order valence-corrected chi connectivity index (χ1v) is 7.72. The van der Waals surface area contributed by atoms with Gasteiger partial charge in [-0.1, -0.05) is 41.9 Å². The first-order valence-electron chi connectivity index (χ1n) is 7.35. The maximum atomic E-state index is 11.6. The minimum absolute atomic E-state index is 0.178. The van der Waals surface area contributed by atoms with E-state index < -0.39 is 11.8 Å². The molecule has 0 saturated carbocycles. The fourth-order valence-electron chi connectivity index (χ4n) is 2.79. The largest absolute Gasteiger partial charge is 0.365 e. The summed E-state index contributed by atoms with van der Waals surface area (Å²) in [5.41, 5.74) is 2.53. The first-order chi connectivity index (χ1) is 11.6. The Morgan fingerprint density at radius 3 is 2.67 bits per heavy atom. The molecule has 0 amide bonds. The van der Waals surface area contributed by atoms with Crippen molar-refractivity contribution in [3.8, 4) is 5.69 Å². The second-order valence-electron chi connectivity index (χ2n) is 5.37. The van der Waals surface area contributed by atoms with E-state index in [9.17, 15) is 9.90 Å². The molecule has 24 heavy (non-hydrogen) atoms. The number of hydrogen-bond acceptors (Lipinski definition) is 4. The first kappa shape index (κ1) is 14.8. The molecule has 2 aromatic carbocycles. The van der Waals surface area contributed by atoms with Gasteiger partial charge in [-0.05, 0) is 18.2 Å². The number of aromatic nitrogens is 2. The smallest absolute Gasteiger partial charge is 0.273 e. The highest BCUT2D eigenvalue weighted by Gasteiger charge is 2.24. The van der Waals surface area contributed by atoms with Crippen LogP contribution < -0.4 is 5.56 Å². The maximum absolute atomic E-state index is 11.6. The molecule has 1 N–H and O–H groups in total. The standard InChI is InChI=1S/C18H12ClN3O2/c19-12-6-7-14-13(10-12)16(11-4-2-1-3-5-11)21-18(24)17-20-15(23)8-9-22(14)17/h1-10,18,24H. The van der Waals surface area contributed by atoms with Crippen molar-refractivity contribution in [2.24, 2.45) is 4.99 Å². The molecule has 0 aliphatic carbocycles. The van der Waals surface area contributed by atoms with Gasteiger partial charge in [0.15, 0.2) is 5.82 Å². The topological polar surface area (TPSA) is 67.5 Å². The van der Waals surface area contributed by atoms with Gasteiger partial charge in [0.25, 0.3) is 5.56 Å². The predicted molar refractivity (Wildman–Crippen MR) is 91.9 cm³/mol. The number of halogens is 1. The molecule has 6 heteroatoms. The van der Waals surface area contributed by atoms with E-state index in [0.717, 1.165) is 16.8 Å². The third-order valence-electron chi connectivity index (χ3n) is 3.84. The molecule has 0 saturated heterocycles. The number of aliphatic hydroxyl groups is 1. The Balaban J connectivity index is 2.07. The summed E-state index contributed by atoms with van der Waals surface area (Å²) in [4.78, 5) is 19.9. The third-order valence-corrected chi connectivity index (χ3v) is 4.08. The van der Waals surface area contributed by atoms with E-state index in [1.807, 2.05) is 36.4 Å². The van der Waals surface area contributed by atoms with E-state index >= 15 is 0 Å². The van der Waals surface area contributed by atoms with Gasteiger partial charge in [0.1, 0.15) is 0 Å². The van der Waals surface area contributed by atoms with E-state index in [1.165, 1.54) is 6.07 Å². The molecule has 1 unspecified atom stereocenters. The van der Waals surface area contributed by atoms with E-state index in [-0.39, 0.29) is 5.82 Å². The fourth-order valence-corrected chi connectivity index (χ4v) is 2.96. The summed E-state index contributed by atoms with van der Waals surface area (Å²) >= 11 is 6.18. The van der Waals surface area contributed by atoms with E-state index in [4.69, 9.17) is 11.6 Å². The van der Waals surface area contributed by atoms with Crippen molar-refractivity contribution in [3.63, 3.8) is 0 Å². The highest BCUT2D eigenvalue weighted by molar-refractivity contribution is 6.31. The monoisotopic (exact) mass is 337 g/mol. The lowest BCUT2D eigenvalue weighted by Gasteiger charge is -2.14. The van der Waals surface area contributed by atoms with Crippen molar-refractivity contribution in [2.75, 3.05) is 0 Å². The van der Waals surface area contributed by atoms with Crippen LogP contribution in [0.4, 0.5) is 0 Å². The summed E-state index contributed by atoms with van der Waals surface area (Å²) in [5, 5.41) is 11.1. The lowest BCUT2D eigenvalue weighted by Crippen LogP contribution is -2.17. The molecule has 0 bridgehead atoms. The van der Waals surface area contributed by atoms with Gasteiger partial charge in [-0.25, -0.2) is 4.99 Å². The van der Waals surface area contributed by atoms with Gasteiger partial charge in [0.05, 0.1) is 11.4 Å². The SMILES string of the molecule is O=c1ccn2c(n1)C(O)N=C(c1ccccc1)c1cc(Cl)ccc1-2. The minimum atomic E-state index is -1.25. The highest BCUT2D eigenvalue weighted by Crippen LogP contribution is 2.29. The summed E-state index contributed by atoms with van der Waals surface area (Å²) in [5.74, 6) is 0.178. The van der Waals surface area contributed by atoms with Crippen LogP contribution in [-0.2, 0) is 0 Å². The van der Waals surface area contributed by atoms with Crippen molar-refractivity contribution in [1.82, 2.24) is 9.55 Å². The van der Waals surface area contributed by atoms with Crippen LogP contribution in [0.15, 0.2) is 70.6 Å². The second-order valence-corrected chi connectivity index (χ2v) is 5.81. The molecule has 1 aliphatic heterocycles. The van der Waals surface area contributed by atoms with Crippen molar-refractivity contribution >= 4 is 17.3 Å². The number of rotatable bonds is 1. The summed E-state index contributed by atoms with van der Waals surface area (Å²) in [6, 6.07) is 16.2. The molecule has 3 aromatic rings. The van der Waals surface area contributed by atoms with Crippen LogP contribution in [0, 0.1) is 0 Å². The molecule has 1 aliphatic rings. The van der Waals surface area contributed by atoms with Crippen molar-refractivity contribution in [2.45, 2.75) is 6.23 Å². The number of fused-ring (bicyclic) bond motifs is 3. The van der Waals surface area contributed by atoms with Crippen LogP contribution in [0.2, 0.25) is 5.02 Å². The minimum Gasteiger partial charge on any atom is -0.365 e. The number of benzene rings is 2. The number of nitrogens with zero attached hydrogens (tertiary/aromatic N) is 3. The van der Waals surface area contributed by atoms with E-state index in [2.05, 4.69) is 9.98 Å². The van der Waals surface area contributed by atoms with Crippen LogP contribution >= 0.6 is 11.6 Å². The summed E-state index contributed by atoms with van der Waals surface area (Å²) in [7, 11) is 0. The van der Waals surface area contributed by atoms with Gasteiger partial charge in [-0.2, -0.15) is 4.98 Å². The van der Waals surface area contributed by atoms with E-state index in [0.29, 0.717) is 10.7 Å². The molecule has 1 atom stereocenters. The van der Waals surface area contributed by atoms with Gasteiger partial charge in [-0.3, -0.25) is 4.79 Å². The Kier molecular flexibility index (Phi) is 3.52. The highest BCUT2D eigenvalue weighted by atomic mass is 35.5. The quantitative estimate of drug-likeness (QED) is 0.742. The Bertz CT molecular complexity index is 1010. The molecule has 2 heterocycles. The molecule has 5 nitrogen and oxygen atoms in total. The molecular weight excluding hydrogens is 326 g/mol. The van der Waals surface area contributed by atoms with Crippen LogP contribution in [0.3, 0.4) is 0 Å². The van der Waals surface area contributed by atoms with Crippen molar-refractivity contribution in [1.29, 1.82) is 0 Å². The van der Waals surface area contributed by atoms with Crippen molar-refractivity contribution in [3.05, 3.63) is 93.1 Å². The molecule has 0 fully saturated rings. The number of aliphatic hydroxyl groups excluding tert-OH is 1. The molecule has 118 valence electrons. The molecule has 0 radical (unpaired) electrons. The molecule has 4 rings (SSSR count). The second kappa shape index (κ2) is 5.70. The lowest BCUT2D eigenvalue weighted by molar-refractivity contribution is 0.176. The van der Waals surface area contributed by atoms with Crippen LogP contribution in [0.5, 0.6) is 0 Å². The molecule has 1 aromatic heterocycles. The van der Waals surface area contributed by atoms with Gasteiger partial charge in [-0.15, -0.1) is 0 Å². The zero-order valence-corrected chi connectivity index (χ0v) is 13.2. The average Bonchev–Trinajstić information content (AvgIpc) is 2.71. The van der Waals surface area contributed by atoms with Crippen LogP contribution in [-0.4, -0.2) is 20.4 Å². The third kappa shape index (κ3) is 2.44. The predicted octanol–water partition coefficient (Wildman–Crippen LogP) is 2.73. The van der Waals surface area contributed by atoms with E-state index in [1.54, 1.807) is 22.9 Å².